The smallest absolute Gasteiger partial charge is 0.404 e. The molecule has 0 spiro atoms. The monoisotopic (exact) mass is 288 g/mol. The number of para-hydroxylation sites is 2. The molecule has 1 atom stereocenters. The van der Waals surface area contributed by atoms with Crippen LogP contribution in [0.2, 0.25) is 0 Å². The fourth-order valence-electron chi connectivity index (χ4n) is 2.02. The van der Waals surface area contributed by atoms with Gasteiger partial charge in [0.2, 0.25) is 11.8 Å². The Labute approximate surface area is 112 Å². The number of nitrogens with zero attached hydrogens (tertiary/aromatic N) is 1. The maximum Gasteiger partial charge on any atom is 0.573 e. The van der Waals surface area contributed by atoms with Crippen LogP contribution in [0.1, 0.15) is 6.42 Å². The van der Waals surface area contributed by atoms with E-state index >= 15 is 0 Å². The molecule has 5 nitrogen and oxygen atoms in total. The topological polar surface area (TPSA) is 72.6 Å². The van der Waals surface area contributed by atoms with Crippen molar-refractivity contribution in [2.24, 2.45) is 11.7 Å². The highest BCUT2D eigenvalue weighted by Gasteiger charge is 2.37. The molecule has 1 unspecified atom stereocenters. The van der Waals surface area contributed by atoms with Crippen molar-refractivity contribution in [3.8, 4) is 5.75 Å². The van der Waals surface area contributed by atoms with Gasteiger partial charge in [-0.3, -0.25) is 9.59 Å². The summed E-state index contributed by atoms with van der Waals surface area (Å²) in [5.41, 5.74) is 5.08. The molecule has 1 fully saturated rings. The van der Waals surface area contributed by atoms with Crippen molar-refractivity contribution >= 4 is 17.5 Å². The molecule has 0 aromatic heterocycles. The summed E-state index contributed by atoms with van der Waals surface area (Å²) in [7, 11) is 0. The van der Waals surface area contributed by atoms with Crippen molar-refractivity contribution in [1.29, 1.82) is 0 Å². The summed E-state index contributed by atoms with van der Waals surface area (Å²) in [5.74, 6) is -2.32. The second-order valence-electron chi connectivity index (χ2n) is 4.32. The van der Waals surface area contributed by atoms with Crippen molar-refractivity contribution < 1.29 is 27.5 Å². The quantitative estimate of drug-likeness (QED) is 0.914. The molecule has 2 N–H and O–H groups in total. The predicted molar refractivity (Wildman–Crippen MR) is 62.8 cm³/mol. The van der Waals surface area contributed by atoms with Crippen LogP contribution in [0.5, 0.6) is 5.75 Å². The number of benzene rings is 1. The van der Waals surface area contributed by atoms with Crippen LogP contribution in [-0.4, -0.2) is 24.7 Å². The maximum atomic E-state index is 12.3. The van der Waals surface area contributed by atoms with E-state index in [1.54, 1.807) is 0 Å². The summed E-state index contributed by atoms with van der Waals surface area (Å²) in [6.45, 7) is -0.0492. The molecule has 1 aliphatic rings. The number of amides is 2. The van der Waals surface area contributed by atoms with Crippen molar-refractivity contribution in [3.05, 3.63) is 24.3 Å². The zero-order chi connectivity index (χ0) is 14.9. The molecule has 1 saturated heterocycles. The Morgan fingerprint density at radius 3 is 2.55 bits per heavy atom. The van der Waals surface area contributed by atoms with Gasteiger partial charge in [-0.15, -0.1) is 13.2 Å². The molecular formula is C12H11F3N2O3. The minimum atomic E-state index is -4.86. The lowest BCUT2D eigenvalue weighted by atomic mass is 10.1. The molecule has 0 bridgehead atoms. The second-order valence-corrected chi connectivity index (χ2v) is 4.32. The molecule has 2 rings (SSSR count). The Morgan fingerprint density at radius 1 is 1.35 bits per heavy atom. The van der Waals surface area contributed by atoms with Gasteiger partial charge < -0.3 is 15.4 Å². The van der Waals surface area contributed by atoms with Gasteiger partial charge in [-0.2, -0.15) is 0 Å². The van der Waals surface area contributed by atoms with Gasteiger partial charge in [-0.25, -0.2) is 0 Å². The van der Waals surface area contributed by atoms with E-state index in [1.165, 1.54) is 18.2 Å². The average molecular weight is 288 g/mol. The van der Waals surface area contributed by atoms with Crippen molar-refractivity contribution in [3.63, 3.8) is 0 Å². The Bertz CT molecular complexity index is 545. The van der Waals surface area contributed by atoms with Crippen molar-refractivity contribution in [2.45, 2.75) is 12.8 Å². The molecule has 1 heterocycles. The standard InChI is InChI=1S/C12H11F3N2O3/c13-12(14,15)20-9-4-2-1-3-8(9)17-6-7(11(16)19)5-10(17)18/h1-4,7H,5-6H2,(H2,16,19). The lowest BCUT2D eigenvalue weighted by Crippen LogP contribution is -2.29. The average Bonchev–Trinajstić information content (AvgIpc) is 2.70. The zero-order valence-electron chi connectivity index (χ0n) is 10.2. The third kappa shape index (κ3) is 3.01. The fourth-order valence-corrected chi connectivity index (χ4v) is 2.02. The summed E-state index contributed by atoms with van der Waals surface area (Å²) in [5, 5.41) is 0. The molecule has 0 radical (unpaired) electrons. The molecular weight excluding hydrogens is 277 g/mol. The van der Waals surface area contributed by atoms with Gasteiger partial charge in [0, 0.05) is 13.0 Å². The summed E-state index contributed by atoms with van der Waals surface area (Å²) in [6.07, 6.45) is -4.97. The highest BCUT2D eigenvalue weighted by Crippen LogP contribution is 2.35. The van der Waals surface area contributed by atoms with E-state index in [1.807, 2.05) is 0 Å². The molecule has 1 aromatic carbocycles. The first kappa shape index (κ1) is 14.2. The third-order valence-electron chi connectivity index (χ3n) is 2.91. The number of carbonyl (C=O) groups is 2. The van der Waals surface area contributed by atoms with Crippen LogP contribution in [0, 0.1) is 5.92 Å². The van der Waals surface area contributed by atoms with Crippen LogP contribution in [0.4, 0.5) is 18.9 Å². The number of halogens is 3. The molecule has 0 saturated carbocycles. The first-order valence-corrected chi connectivity index (χ1v) is 5.72. The van der Waals surface area contributed by atoms with Gasteiger partial charge >= 0.3 is 6.36 Å². The second kappa shape index (κ2) is 5.03. The van der Waals surface area contributed by atoms with Gasteiger partial charge in [0.05, 0.1) is 11.6 Å². The van der Waals surface area contributed by atoms with E-state index < -0.39 is 29.8 Å². The molecule has 8 heteroatoms. The molecule has 20 heavy (non-hydrogen) atoms. The van der Waals surface area contributed by atoms with E-state index in [-0.39, 0.29) is 18.7 Å². The lowest BCUT2D eigenvalue weighted by Gasteiger charge is -2.20. The SMILES string of the molecule is NC(=O)C1CC(=O)N(c2ccccc2OC(F)(F)F)C1. The molecule has 1 aliphatic heterocycles. The summed E-state index contributed by atoms with van der Waals surface area (Å²) >= 11 is 0. The first-order valence-electron chi connectivity index (χ1n) is 5.72. The van der Waals surface area contributed by atoms with E-state index in [4.69, 9.17) is 5.73 Å². The predicted octanol–water partition coefficient (Wildman–Crippen LogP) is 1.42. The maximum absolute atomic E-state index is 12.3. The van der Waals surface area contributed by atoms with Crippen LogP contribution < -0.4 is 15.4 Å². The number of alkyl halides is 3. The molecule has 2 amide bonds. The van der Waals surface area contributed by atoms with Gasteiger partial charge in [-0.1, -0.05) is 12.1 Å². The van der Waals surface area contributed by atoms with E-state index in [0.29, 0.717) is 0 Å². The highest BCUT2D eigenvalue weighted by molar-refractivity contribution is 6.01. The number of hydrogen-bond donors (Lipinski definition) is 1. The van der Waals surface area contributed by atoms with Crippen LogP contribution in [0.15, 0.2) is 24.3 Å². The Morgan fingerprint density at radius 2 is 2.00 bits per heavy atom. The number of carbonyl (C=O) groups excluding carboxylic acids is 2. The van der Waals surface area contributed by atoms with Crippen LogP contribution in [0.3, 0.4) is 0 Å². The van der Waals surface area contributed by atoms with Gasteiger partial charge in [-0.05, 0) is 12.1 Å². The minimum Gasteiger partial charge on any atom is -0.404 e. The Hall–Kier alpha value is -2.25. The molecule has 108 valence electrons. The van der Waals surface area contributed by atoms with Gasteiger partial charge in [0.15, 0.2) is 5.75 Å². The lowest BCUT2D eigenvalue weighted by molar-refractivity contribution is -0.274. The number of nitrogens with two attached hydrogens (primary N) is 1. The van der Waals surface area contributed by atoms with Gasteiger partial charge in [0.25, 0.3) is 0 Å². The number of rotatable bonds is 3. The van der Waals surface area contributed by atoms with Crippen LogP contribution in [-0.2, 0) is 9.59 Å². The largest absolute Gasteiger partial charge is 0.573 e. The minimum absolute atomic E-state index is 0.0291. The number of anilines is 1. The van der Waals surface area contributed by atoms with Crippen molar-refractivity contribution in [1.82, 2.24) is 0 Å². The highest BCUT2D eigenvalue weighted by atomic mass is 19.4. The molecule has 0 aliphatic carbocycles. The fraction of sp³-hybridized carbons (Fsp3) is 0.333. The zero-order valence-corrected chi connectivity index (χ0v) is 10.2. The summed E-state index contributed by atoms with van der Waals surface area (Å²) in [6, 6.07) is 5.26. The first-order chi connectivity index (χ1) is 9.28. The third-order valence-corrected chi connectivity index (χ3v) is 2.91. The number of hydrogen-bond acceptors (Lipinski definition) is 3. The van der Waals surface area contributed by atoms with E-state index in [9.17, 15) is 22.8 Å². The number of ether oxygens (including phenoxy) is 1. The Balaban J connectivity index is 2.29. The van der Waals surface area contributed by atoms with Gasteiger partial charge in [0.1, 0.15) is 0 Å². The van der Waals surface area contributed by atoms with E-state index in [2.05, 4.69) is 4.74 Å². The van der Waals surface area contributed by atoms with Crippen molar-refractivity contribution in [2.75, 3.05) is 11.4 Å². The normalized spacial score (nSPS) is 19.2. The Kier molecular flexibility index (Phi) is 3.56. The summed E-state index contributed by atoms with van der Waals surface area (Å²) < 4.78 is 40.8. The van der Waals surface area contributed by atoms with E-state index in [0.717, 1.165) is 11.0 Å². The van der Waals surface area contributed by atoms with Crippen LogP contribution in [0.25, 0.3) is 0 Å². The number of primary amides is 1. The van der Waals surface area contributed by atoms with Crippen LogP contribution >= 0.6 is 0 Å². The summed E-state index contributed by atoms with van der Waals surface area (Å²) in [4.78, 5) is 23.9. The molecule has 1 aromatic rings.